The number of rotatable bonds is 4. The Morgan fingerprint density at radius 1 is 1.28 bits per heavy atom. The van der Waals surface area contributed by atoms with E-state index >= 15 is 0 Å². The van der Waals surface area contributed by atoms with E-state index in [0.717, 1.165) is 6.26 Å². The standard InChI is InChI=1S/C19H22F4N4O2/c1-18(2,3)8-15(28)26-16-12(20)7-14-13(25-16)5-4-6-27(14)9-11-10-29-17(24-11)19(21,22)23/h7,10H,4-6,8-9H2,1-3H3,(H,25,26,28). The molecule has 0 spiro atoms. The van der Waals surface area contributed by atoms with Gasteiger partial charge in [-0.3, -0.25) is 4.79 Å². The third-order valence-corrected chi connectivity index (χ3v) is 4.31. The normalized spacial score (nSPS) is 14.7. The zero-order valence-electron chi connectivity index (χ0n) is 16.4. The number of anilines is 2. The van der Waals surface area contributed by atoms with Crippen LogP contribution in [0.25, 0.3) is 0 Å². The molecule has 1 amide bonds. The molecule has 3 rings (SSSR count). The number of hydrogen-bond acceptors (Lipinski definition) is 5. The number of alkyl halides is 3. The Bertz CT molecular complexity index is 903. The number of carbonyl (C=O) groups excluding carboxylic acids is 1. The van der Waals surface area contributed by atoms with E-state index in [1.165, 1.54) is 6.07 Å². The Labute approximate surface area is 165 Å². The van der Waals surface area contributed by atoms with Gasteiger partial charge in [0.25, 0.3) is 0 Å². The number of hydrogen-bond donors (Lipinski definition) is 1. The molecule has 0 saturated carbocycles. The number of fused-ring (bicyclic) bond motifs is 1. The van der Waals surface area contributed by atoms with Crippen LogP contribution >= 0.6 is 0 Å². The lowest BCUT2D eigenvalue weighted by atomic mass is 9.92. The molecule has 0 radical (unpaired) electrons. The van der Waals surface area contributed by atoms with Crippen molar-refractivity contribution in [2.45, 2.75) is 52.8 Å². The highest BCUT2D eigenvalue weighted by atomic mass is 19.4. The Kier molecular flexibility index (Phi) is 5.55. The molecule has 2 aromatic heterocycles. The van der Waals surface area contributed by atoms with E-state index in [1.807, 2.05) is 20.8 Å². The largest absolute Gasteiger partial charge is 0.468 e. The summed E-state index contributed by atoms with van der Waals surface area (Å²) in [5.74, 6) is -2.49. The van der Waals surface area contributed by atoms with Gasteiger partial charge in [-0.15, -0.1) is 0 Å². The van der Waals surface area contributed by atoms with E-state index in [1.54, 1.807) is 4.90 Å². The average molecular weight is 414 g/mol. The van der Waals surface area contributed by atoms with Gasteiger partial charge in [0.05, 0.1) is 23.6 Å². The smallest absolute Gasteiger partial charge is 0.441 e. The van der Waals surface area contributed by atoms with Gasteiger partial charge in [-0.1, -0.05) is 20.8 Å². The second kappa shape index (κ2) is 7.64. The molecule has 0 unspecified atom stereocenters. The lowest BCUT2D eigenvalue weighted by Crippen LogP contribution is -2.30. The lowest BCUT2D eigenvalue weighted by Gasteiger charge is -2.30. The van der Waals surface area contributed by atoms with Gasteiger partial charge in [0.1, 0.15) is 6.26 Å². The molecule has 0 fully saturated rings. The number of nitrogens with one attached hydrogen (secondary N) is 1. The van der Waals surface area contributed by atoms with Gasteiger partial charge in [-0.05, 0) is 18.3 Å². The van der Waals surface area contributed by atoms with Gasteiger partial charge in [0.2, 0.25) is 5.91 Å². The van der Waals surface area contributed by atoms with Crippen molar-refractivity contribution < 1.29 is 26.8 Å². The van der Waals surface area contributed by atoms with Crippen LogP contribution in [0.5, 0.6) is 0 Å². The van der Waals surface area contributed by atoms with Gasteiger partial charge in [-0.25, -0.2) is 14.4 Å². The summed E-state index contributed by atoms with van der Waals surface area (Å²) in [7, 11) is 0. The molecule has 2 aromatic rings. The van der Waals surface area contributed by atoms with Gasteiger partial charge in [-0.2, -0.15) is 13.2 Å². The first-order chi connectivity index (χ1) is 13.4. The Hall–Kier alpha value is -2.65. The minimum absolute atomic E-state index is 0.0312. The quantitative estimate of drug-likeness (QED) is 0.743. The third-order valence-electron chi connectivity index (χ3n) is 4.31. The van der Waals surface area contributed by atoms with Crippen molar-refractivity contribution in [3.63, 3.8) is 0 Å². The average Bonchev–Trinajstić information content (AvgIpc) is 3.03. The number of oxazole rings is 1. The Balaban J connectivity index is 1.78. The van der Waals surface area contributed by atoms with Crippen LogP contribution in [0, 0.1) is 11.2 Å². The maximum absolute atomic E-state index is 14.6. The molecule has 0 aliphatic carbocycles. The van der Waals surface area contributed by atoms with E-state index in [9.17, 15) is 22.4 Å². The van der Waals surface area contributed by atoms with Gasteiger partial charge in [0, 0.05) is 19.0 Å². The summed E-state index contributed by atoms with van der Waals surface area (Å²) in [6.45, 7) is 6.24. The molecule has 1 N–H and O–H groups in total. The minimum Gasteiger partial charge on any atom is -0.441 e. The fourth-order valence-electron chi connectivity index (χ4n) is 3.15. The summed E-state index contributed by atoms with van der Waals surface area (Å²) in [6.07, 6.45) is -2.25. The summed E-state index contributed by atoms with van der Waals surface area (Å²) in [4.78, 5) is 21.5. The molecule has 0 bridgehead atoms. The van der Waals surface area contributed by atoms with Crippen LogP contribution in [0.1, 0.15) is 50.9 Å². The number of halogens is 4. The second-order valence-electron chi connectivity index (χ2n) is 8.24. The molecule has 6 nitrogen and oxygen atoms in total. The van der Waals surface area contributed by atoms with E-state index in [-0.39, 0.29) is 35.8 Å². The van der Waals surface area contributed by atoms with Crippen molar-refractivity contribution in [2.75, 3.05) is 16.8 Å². The molecular formula is C19H22F4N4O2. The molecule has 1 aliphatic rings. The zero-order chi connectivity index (χ0) is 21.4. The van der Waals surface area contributed by atoms with Gasteiger partial charge in [0.15, 0.2) is 11.6 Å². The molecule has 0 saturated heterocycles. The lowest BCUT2D eigenvalue weighted by molar-refractivity contribution is -0.157. The fraction of sp³-hybridized carbons (Fsp3) is 0.526. The van der Waals surface area contributed by atoms with Crippen molar-refractivity contribution in [3.8, 4) is 0 Å². The van der Waals surface area contributed by atoms with E-state index < -0.39 is 17.9 Å². The van der Waals surface area contributed by atoms with Gasteiger partial charge >= 0.3 is 12.1 Å². The number of pyridine rings is 1. The highest BCUT2D eigenvalue weighted by molar-refractivity contribution is 5.90. The Morgan fingerprint density at radius 3 is 2.62 bits per heavy atom. The van der Waals surface area contributed by atoms with Crippen molar-refractivity contribution in [2.24, 2.45) is 5.41 Å². The number of aryl methyl sites for hydroxylation is 1. The van der Waals surface area contributed by atoms with Crippen molar-refractivity contribution in [1.29, 1.82) is 0 Å². The van der Waals surface area contributed by atoms with Crippen LogP contribution < -0.4 is 10.2 Å². The molecule has 29 heavy (non-hydrogen) atoms. The van der Waals surface area contributed by atoms with E-state index in [4.69, 9.17) is 0 Å². The first-order valence-electron chi connectivity index (χ1n) is 9.18. The number of amides is 1. The molecular weight excluding hydrogens is 392 g/mol. The predicted octanol–water partition coefficient (Wildman–Crippen LogP) is 4.56. The SMILES string of the molecule is CC(C)(C)CC(=O)Nc1nc2c(cc1F)N(Cc1coc(C(F)(F)F)n1)CCC2. The maximum Gasteiger partial charge on any atom is 0.468 e. The monoisotopic (exact) mass is 414 g/mol. The van der Waals surface area contributed by atoms with Crippen molar-refractivity contribution in [3.05, 3.63) is 35.4 Å². The third kappa shape index (κ3) is 5.24. The summed E-state index contributed by atoms with van der Waals surface area (Å²) in [5.41, 5.74) is 0.883. The predicted molar refractivity (Wildman–Crippen MR) is 97.8 cm³/mol. The highest BCUT2D eigenvalue weighted by Crippen LogP contribution is 2.32. The highest BCUT2D eigenvalue weighted by Gasteiger charge is 2.37. The van der Waals surface area contributed by atoms with Gasteiger partial charge < -0.3 is 14.6 Å². The fourth-order valence-corrected chi connectivity index (χ4v) is 3.15. The number of carbonyl (C=O) groups is 1. The van der Waals surface area contributed by atoms with E-state index in [2.05, 4.69) is 19.7 Å². The molecule has 3 heterocycles. The van der Waals surface area contributed by atoms with Crippen LogP contribution in [-0.4, -0.2) is 22.4 Å². The van der Waals surface area contributed by atoms with E-state index in [0.29, 0.717) is 30.8 Å². The molecule has 10 heteroatoms. The van der Waals surface area contributed by atoms with Crippen LogP contribution in [-0.2, 0) is 23.9 Å². The number of nitrogens with zero attached hydrogens (tertiary/aromatic N) is 3. The molecule has 0 aromatic carbocycles. The maximum atomic E-state index is 14.6. The summed E-state index contributed by atoms with van der Waals surface area (Å²) in [5, 5.41) is 2.51. The van der Waals surface area contributed by atoms with Crippen LogP contribution in [0.2, 0.25) is 0 Å². The molecule has 158 valence electrons. The molecule has 1 aliphatic heterocycles. The summed E-state index contributed by atoms with van der Waals surface area (Å²) in [6, 6.07) is 1.25. The van der Waals surface area contributed by atoms with Crippen LogP contribution in [0.4, 0.5) is 29.1 Å². The second-order valence-corrected chi connectivity index (χ2v) is 8.24. The zero-order valence-corrected chi connectivity index (χ0v) is 16.4. The first kappa shape index (κ1) is 21.1. The summed E-state index contributed by atoms with van der Waals surface area (Å²) >= 11 is 0. The van der Waals surface area contributed by atoms with Crippen molar-refractivity contribution in [1.82, 2.24) is 9.97 Å². The molecule has 0 atom stereocenters. The Morgan fingerprint density at radius 2 is 2.00 bits per heavy atom. The number of aromatic nitrogens is 2. The summed E-state index contributed by atoms with van der Waals surface area (Å²) < 4.78 is 57.0. The first-order valence-corrected chi connectivity index (χ1v) is 9.18. The minimum atomic E-state index is -4.66. The van der Waals surface area contributed by atoms with Crippen molar-refractivity contribution >= 4 is 17.4 Å². The van der Waals surface area contributed by atoms with Crippen LogP contribution in [0.3, 0.4) is 0 Å². The van der Waals surface area contributed by atoms with Crippen LogP contribution in [0.15, 0.2) is 16.7 Å². The topological polar surface area (TPSA) is 71.3 Å².